The van der Waals surface area contributed by atoms with Gasteiger partial charge in [-0.2, -0.15) is 0 Å². The third kappa shape index (κ3) is 2.40. The maximum atomic E-state index is 12.0. The van der Waals surface area contributed by atoms with Crippen molar-refractivity contribution in [1.29, 1.82) is 0 Å². The van der Waals surface area contributed by atoms with Gasteiger partial charge >= 0.3 is 0 Å². The van der Waals surface area contributed by atoms with Gasteiger partial charge in [0.05, 0.1) is 0 Å². The van der Waals surface area contributed by atoms with Gasteiger partial charge in [0.15, 0.2) is 0 Å². The molecule has 1 atom stereocenters. The van der Waals surface area contributed by atoms with Crippen molar-refractivity contribution in [1.82, 2.24) is 9.80 Å². The van der Waals surface area contributed by atoms with Crippen molar-refractivity contribution in [3.63, 3.8) is 0 Å². The summed E-state index contributed by atoms with van der Waals surface area (Å²) < 4.78 is 0. The van der Waals surface area contributed by atoms with Gasteiger partial charge in [-0.1, -0.05) is 0 Å². The zero-order chi connectivity index (χ0) is 11.9. The van der Waals surface area contributed by atoms with Crippen LogP contribution in [0.15, 0.2) is 0 Å². The van der Waals surface area contributed by atoms with Crippen molar-refractivity contribution in [2.24, 2.45) is 5.92 Å². The van der Waals surface area contributed by atoms with E-state index < -0.39 is 0 Å². The van der Waals surface area contributed by atoms with Gasteiger partial charge in [-0.15, -0.1) is 0 Å². The normalized spacial score (nSPS) is 28.2. The Labute approximate surface area is 98.8 Å². The number of hydrogen-bond acceptors (Lipinski definition) is 2. The van der Waals surface area contributed by atoms with E-state index in [9.17, 15) is 4.79 Å². The van der Waals surface area contributed by atoms with E-state index in [0.717, 1.165) is 32.5 Å². The maximum Gasteiger partial charge on any atom is 0.225 e. The van der Waals surface area contributed by atoms with Crippen molar-refractivity contribution >= 4 is 5.91 Å². The van der Waals surface area contributed by atoms with Crippen LogP contribution in [0.4, 0.5) is 0 Å². The zero-order valence-electron chi connectivity index (χ0n) is 11.0. The molecule has 3 nitrogen and oxygen atoms in total. The summed E-state index contributed by atoms with van der Waals surface area (Å²) in [6, 6.07) is 0.483. The predicted molar refractivity (Wildman–Crippen MR) is 65.2 cm³/mol. The van der Waals surface area contributed by atoms with E-state index in [-0.39, 0.29) is 5.54 Å². The molecule has 2 rings (SSSR count). The van der Waals surface area contributed by atoms with E-state index in [1.165, 1.54) is 0 Å². The largest absolute Gasteiger partial charge is 0.340 e. The molecule has 0 N–H and O–H groups in total. The first-order valence-corrected chi connectivity index (χ1v) is 6.45. The van der Waals surface area contributed by atoms with Gasteiger partial charge in [0.1, 0.15) is 0 Å². The lowest BCUT2D eigenvalue weighted by Crippen LogP contribution is -2.59. The van der Waals surface area contributed by atoms with Crippen LogP contribution in [0, 0.1) is 5.92 Å². The Bertz CT molecular complexity index is 278. The fourth-order valence-corrected chi connectivity index (χ4v) is 2.74. The zero-order valence-corrected chi connectivity index (χ0v) is 11.0. The molecule has 16 heavy (non-hydrogen) atoms. The lowest BCUT2D eigenvalue weighted by atomic mass is 10.0. The lowest BCUT2D eigenvalue weighted by Gasteiger charge is -2.46. The summed E-state index contributed by atoms with van der Waals surface area (Å²) in [5.41, 5.74) is 0.216. The molecule has 3 heteroatoms. The fourth-order valence-electron chi connectivity index (χ4n) is 2.74. The van der Waals surface area contributed by atoms with E-state index in [1.807, 2.05) is 0 Å². The quantitative estimate of drug-likeness (QED) is 0.677. The predicted octanol–water partition coefficient (Wildman–Crippen LogP) is 1.73. The second-order valence-corrected chi connectivity index (χ2v) is 6.27. The number of nitrogens with zero attached hydrogens (tertiary/aromatic N) is 2. The van der Waals surface area contributed by atoms with Crippen LogP contribution in [-0.2, 0) is 4.79 Å². The highest BCUT2D eigenvalue weighted by atomic mass is 16.2. The maximum absolute atomic E-state index is 12.0. The summed E-state index contributed by atoms with van der Waals surface area (Å²) in [5.74, 6) is 0.772. The molecular formula is C13H24N2O. The molecule has 1 amide bonds. The van der Waals surface area contributed by atoms with E-state index in [1.54, 1.807) is 0 Å². The van der Waals surface area contributed by atoms with Gasteiger partial charge in [-0.05, 0) is 40.5 Å². The molecule has 0 radical (unpaired) electrons. The van der Waals surface area contributed by atoms with Gasteiger partial charge < -0.3 is 4.90 Å². The second kappa shape index (κ2) is 4.02. The molecular weight excluding hydrogens is 200 g/mol. The van der Waals surface area contributed by atoms with Crippen molar-refractivity contribution in [3.8, 4) is 0 Å². The third-order valence-corrected chi connectivity index (χ3v) is 3.73. The lowest BCUT2D eigenvalue weighted by molar-refractivity contribution is -0.136. The number of rotatable bonds is 1. The van der Waals surface area contributed by atoms with Gasteiger partial charge in [0.2, 0.25) is 5.91 Å². The molecule has 1 aliphatic heterocycles. The van der Waals surface area contributed by atoms with Crippen LogP contribution in [0.5, 0.6) is 0 Å². The van der Waals surface area contributed by atoms with Crippen LogP contribution < -0.4 is 0 Å². The van der Waals surface area contributed by atoms with Crippen LogP contribution in [0.25, 0.3) is 0 Å². The number of hydrogen-bond donors (Lipinski definition) is 0. The summed E-state index contributed by atoms with van der Waals surface area (Å²) in [6.07, 6.45) is 2.24. The standard InChI is InChI=1S/C13H24N2O/c1-10-9-14(12(16)11-5-6-11)7-8-15(10)13(2,3)4/h10-11H,5-9H2,1-4H3/t10-/m1/s1. The van der Waals surface area contributed by atoms with Crippen LogP contribution in [0.2, 0.25) is 0 Å². The SMILES string of the molecule is C[C@@H]1CN(C(=O)C2CC2)CCN1C(C)(C)C. The molecule has 1 heterocycles. The van der Waals surface area contributed by atoms with Crippen LogP contribution in [0.1, 0.15) is 40.5 Å². The first-order chi connectivity index (χ1) is 7.39. The van der Waals surface area contributed by atoms with Crippen molar-refractivity contribution in [3.05, 3.63) is 0 Å². The molecule has 2 aliphatic rings. The molecule has 1 saturated heterocycles. The highest BCUT2D eigenvalue weighted by Gasteiger charge is 2.38. The molecule has 2 fully saturated rings. The van der Waals surface area contributed by atoms with Gasteiger partial charge in [0.25, 0.3) is 0 Å². The molecule has 1 aliphatic carbocycles. The smallest absolute Gasteiger partial charge is 0.225 e. The minimum Gasteiger partial charge on any atom is -0.340 e. The van der Waals surface area contributed by atoms with Crippen LogP contribution >= 0.6 is 0 Å². The number of piperazine rings is 1. The fraction of sp³-hybridized carbons (Fsp3) is 0.923. The highest BCUT2D eigenvalue weighted by Crippen LogP contribution is 2.32. The highest BCUT2D eigenvalue weighted by molar-refractivity contribution is 5.81. The van der Waals surface area contributed by atoms with E-state index in [4.69, 9.17) is 0 Å². The average molecular weight is 224 g/mol. The Kier molecular flexibility index (Phi) is 2.99. The van der Waals surface area contributed by atoms with Gasteiger partial charge in [-0.25, -0.2) is 0 Å². The minimum atomic E-state index is 0.216. The Hall–Kier alpha value is -0.570. The number of carbonyl (C=O) groups is 1. The molecule has 0 spiro atoms. The van der Waals surface area contributed by atoms with Crippen molar-refractivity contribution in [2.75, 3.05) is 19.6 Å². The first-order valence-electron chi connectivity index (χ1n) is 6.45. The first kappa shape index (κ1) is 11.9. The molecule has 92 valence electrons. The Morgan fingerprint density at radius 1 is 1.19 bits per heavy atom. The molecule has 0 bridgehead atoms. The molecule has 0 unspecified atom stereocenters. The van der Waals surface area contributed by atoms with E-state index in [0.29, 0.717) is 17.9 Å². The molecule has 0 aromatic heterocycles. The summed E-state index contributed by atoms with van der Waals surface area (Å²) in [7, 11) is 0. The Balaban J connectivity index is 1.94. The molecule has 1 saturated carbocycles. The average Bonchev–Trinajstić information content (AvgIpc) is 2.97. The number of carbonyl (C=O) groups excluding carboxylic acids is 1. The van der Waals surface area contributed by atoms with Crippen molar-refractivity contribution < 1.29 is 4.79 Å². The van der Waals surface area contributed by atoms with Crippen LogP contribution in [-0.4, -0.2) is 46.9 Å². The third-order valence-electron chi connectivity index (χ3n) is 3.73. The van der Waals surface area contributed by atoms with E-state index >= 15 is 0 Å². The Morgan fingerprint density at radius 3 is 2.25 bits per heavy atom. The summed E-state index contributed by atoms with van der Waals surface area (Å²) in [5, 5.41) is 0. The summed E-state index contributed by atoms with van der Waals surface area (Å²) >= 11 is 0. The monoisotopic (exact) mass is 224 g/mol. The summed E-state index contributed by atoms with van der Waals surface area (Å²) in [4.78, 5) is 16.5. The van der Waals surface area contributed by atoms with Crippen LogP contribution in [0.3, 0.4) is 0 Å². The van der Waals surface area contributed by atoms with Crippen molar-refractivity contribution in [2.45, 2.75) is 52.1 Å². The molecule has 0 aromatic carbocycles. The number of amides is 1. The second-order valence-electron chi connectivity index (χ2n) is 6.27. The van der Waals surface area contributed by atoms with Gasteiger partial charge in [0, 0.05) is 37.1 Å². The molecule has 0 aromatic rings. The topological polar surface area (TPSA) is 23.6 Å². The Morgan fingerprint density at radius 2 is 1.81 bits per heavy atom. The van der Waals surface area contributed by atoms with E-state index in [2.05, 4.69) is 37.5 Å². The minimum absolute atomic E-state index is 0.216. The van der Waals surface area contributed by atoms with Gasteiger partial charge in [-0.3, -0.25) is 9.69 Å². The summed E-state index contributed by atoms with van der Waals surface area (Å²) in [6.45, 7) is 11.8.